The minimum absolute atomic E-state index is 0.135. The Balaban J connectivity index is 0.000000873. The number of rotatable bonds is 4. The normalized spacial score (nSPS) is 19.6. The van der Waals surface area contributed by atoms with Crippen molar-refractivity contribution in [2.75, 3.05) is 6.54 Å². The molecule has 1 fully saturated rings. The molecule has 0 aromatic carbocycles. The summed E-state index contributed by atoms with van der Waals surface area (Å²) in [5.74, 6) is -0.264. The third-order valence-electron chi connectivity index (χ3n) is 2.84. The predicted octanol–water partition coefficient (Wildman–Crippen LogP) is -0.666. The van der Waals surface area contributed by atoms with Gasteiger partial charge in [-0.2, -0.15) is 9.59 Å². The maximum Gasteiger partial charge on any atom is 0.475 e. The minimum Gasteiger partial charge on any atom is -0.426 e. The van der Waals surface area contributed by atoms with Crippen molar-refractivity contribution in [2.45, 2.75) is 44.6 Å². The van der Waals surface area contributed by atoms with Gasteiger partial charge in [-0.3, -0.25) is 0 Å². The maximum absolute atomic E-state index is 9.20. The van der Waals surface area contributed by atoms with Gasteiger partial charge in [-0.05, 0) is 19.3 Å². The third-order valence-corrected chi connectivity index (χ3v) is 3.38. The van der Waals surface area contributed by atoms with E-state index in [4.69, 9.17) is 27.5 Å². The van der Waals surface area contributed by atoms with Crippen LogP contribution in [0, 0.1) is 0 Å². The highest BCUT2D eigenvalue weighted by molar-refractivity contribution is 7.80. The lowest BCUT2D eigenvalue weighted by Gasteiger charge is -2.29. The van der Waals surface area contributed by atoms with Crippen LogP contribution in [0.1, 0.15) is 32.6 Å². The van der Waals surface area contributed by atoms with Crippen LogP contribution in [0.25, 0.3) is 0 Å². The molecule has 4 N–H and O–H groups in total. The van der Waals surface area contributed by atoms with Crippen LogP contribution in [0.5, 0.6) is 0 Å². The Bertz CT molecular complexity index is 298. The van der Waals surface area contributed by atoms with Crippen molar-refractivity contribution in [3.8, 4) is 0 Å². The summed E-state index contributed by atoms with van der Waals surface area (Å²) in [6, 6.07) is -0.135. The van der Waals surface area contributed by atoms with Crippen LogP contribution in [-0.2, 0) is 9.59 Å². The van der Waals surface area contributed by atoms with Gasteiger partial charge in [0.2, 0.25) is 0 Å². The van der Waals surface area contributed by atoms with Crippen LogP contribution in [0.3, 0.4) is 0 Å². The van der Waals surface area contributed by atoms with Crippen LogP contribution < -0.4 is 5.73 Å². The lowest BCUT2D eigenvalue weighted by atomic mass is 9.78. The molecule has 0 spiro atoms. The zero-order chi connectivity index (χ0) is 14.1. The number of likely N-dealkylation sites (tertiary alicyclic amines) is 1. The van der Waals surface area contributed by atoms with Gasteiger partial charge < -0.3 is 20.7 Å². The number of hydrogen-bond donors (Lipinski definition) is 3. The number of nitrogens with two attached hydrogens (primary N) is 1. The van der Waals surface area contributed by atoms with Crippen LogP contribution in [0.15, 0.2) is 0 Å². The summed E-state index contributed by atoms with van der Waals surface area (Å²) < 4.78 is 0. The SMILES string of the molecule is CCC[C@H](N)C(=S)N1CCC[C@H]1B(O)O.O=C=O. The molecular weight excluding hydrogens is 255 g/mol. The maximum atomic E-state index is 9.20. The molecule has 2 atom stereocenters. The summed E-state index contributed by atoms with van der Waals surface area (Å²) >= 11 is 5.28. The molecule has 0 radical (unpaired) electrons. The molecule has 1 heterocycles. The number of thiocarbonyl (C=S) groups is 1. The second-order valence-electron chi connectivity index (χ2n) is 4.13. The molecule has 0 aliphatic carbocycles. The molecule has 102 valence electrons. The Kier molecular flexibility index (Phi) is 8.79. The van der Waals surface area contributed by atoms with E-state index in [1.165, 1.54) is 0 Å². The Morgan fingerprint density at radius 3 is 2.61 bits per heavy atom. The average Bonchev–Trinajstić information content (AvgIpc) is 2.78. The van der Waals surface area contributed by atoms with E-state index < -0.39 is 7.12 Å². The van der Waals surface area contributed by atoms with Gasteiger partial charge >= 0.3 is 13.3 Å². The molecule has 0 bridgehead atoms. The summed E-state index contributed by atoms with van der Waals surface area (Å²) in [5, 5.41) is 18.4. The van der Waals surface area contributed by atoms with Gasteiger partial charge in [0.05, 0.1) is 17.0 Å². The monoisotopic (exact) mass is 274 g/mol. The summed E-state index contributed by atoms with van der Waals surface area (Å²) in [4.78, 5) is 18.8. The van der Waals surface area contributed by atoms with Crippen molar-refractivity contribution >= 4 is 30.5 Å². The van der Waals surface area contributed by atoms with Crippen LogP contribution >= 0.6 is 12.2 Å². The minimum atomic E-state index is -1.32. The quantitative estimate of drug-likeness (QED) is 0.461. The van der Waals surface area contributed by atoms with Crippen molar-refractivity contribution in [2.24, 2.45) is 5.73 Å². The standard InChI is InChI=1S/C9H19BN2O2S.CO2/c1-2-4-7(11)9(15)12-6-3-5-8(12)10(13)14;2-1-3/h7-8,13-14H,2-6,11H2,1H3;/t7-,8-;/m0./s1. The lowest BCUT2D eigenvalue weighted by molar-refractivity contribution is -0.191. The molecular formula is C10H19BN2O4S. The highest BCUT2D eigenvalue weighted by Crippen LogP contribution is 2.20. The Morgan fingerprint density at radius 1 is 1.61 bits per heavy atom. The molecule has 1 saturated heterocycles. The van der Waals surface area contributed by atoms with Crippen LogP contribution in [-0.4, -0.2) is 51.7 Å². The number of carbonyl (C=O) groups excluding carboxylic acids is 2. The van der Waals surface area contributed by atoms with Crippen molar-refractivity contribution in [3.63, 3.8) is 0 Å². The van der Waals surface area contributed by atoms with Gasteiger partial charge in [0.15, 0.2) is 0 Å². The smallest absolute Gasteiger partial charge is 0.426 e. The topological polar surface area (TPSA) is 104 Å². The lowest BCUT2D eigenvalue weighted by Crippen LogP contribution is -2.50. The van der Waals surface area contributed by atoms with Gasteiger partial charge in [-0.15, -0.1) is 0 Å². The first-order chi connectivity index (χ1) is 8.49. The van der Waals surface area contributed by atoms with E-state index in [1.807, 2.05) is 4.90 Å². The zero-order valence-corrected chi connectivity index (χ0v) is 11.2. The molecule has 0 aromatic rings. The molecule has 8 heteroatoms. The Hall–Kier alpha value is -0.785. The highest BCUT2D eigenvalue weighted by atomic mass is 32.1. The van der Waals surface area contributed by atoms with E-state index >= 15 is 0 Å². The third kappa shape index (κ3) is 5.24. The first kappa shape index (κ1) is 17.2. The number of nitrogens with zero attached hydrogens (tertiary/aromatic N) is 1. The van der Waals surface area contributed by atoms with Gasteiger partial charge in [0, 0.05) is 6.54 Å². The van der Waals surface area contributed by atoms with E-state index in [9.17, 15) is 10.0 Å². The van der Waals surface area contributed by atoms with Crippen LogP contribution in [0.4, 0.5) is 0 Å². The van der Waals surface area contributed by atoms with E-state index in [0.717, 1.165) is 32.2 Å². The fourth-order valence-electron chi connectivity index (χ4n) is 2.02. The van der Waals surface area contributed by atoms with Gasteiger partial charge in [-0.1, -0.05) is 25.6 Å². The van der Waals surface area contributed by atoms with Gasteiger partial charge in [0.1, 0.15) is 0 Å². The van der Waals surface area contributed by atoms with Gasteiger partial charge in [-0.25, -0.2) is 0 Å². The van der Waals surface area contributed by atoms with Crippen molar-refractivity contribution < 1.29 is 19.6 Å². The molecule has 0 unspecified atom stereocenters. The largest absolute Gasteiger partial charge is 0.475 e. The summed E-state index contributed by atoms with van der Waals surface area (Å²) in [6.07, 6.45) is 3.81. The average molecular weight is 274 g/mol. The van der Waals surface area contributed by atoms with Gasteiger partial charge in [0.25, 0.3) is 0 Å². The second-order valence-corrected chi connectivity index (χ2v) is 4.55. The van der Waals surface area contributed by atoms with Crippen LogP contribution in [0.2, 0.25) is 0 Å². The Labute approximate surface area is 112 Å². The van der Waals surface area contributed by atoms with Crippen molar-refractivity contribution in [1.82, 2.24) is 4.90 Å². The van der Waals surface area contributed by atoms with Crippen molar-refractivity contribution in [1.29, 1.82) is 0 Å². The first-order valence-electron chi connectivity index (χ1n) is 5.91. The highest BCUT2D eigenvalue weighted by Gasteiger charge is 2.36. The molecule has 1 aliphatic heterocycles. The molecule has 6 nitrogen and oxygen atoms in total. The van der Waals surface area contributed by atoms with E-state index in [0.29, 0.717) is 4.99 Å². The summed E-state index contributed by atoms with van der Waals surface area (Å²) in [7, 11) is -1.32. The molecule has 0 aromatic heterocycles. The molecule has 1 aliphatic rings. The molecule has 1 rings (SSSR count). The Morgan fingerprint density at radius 2 is 2.17 bits per heavy atom. The van der Waals surface area contributed by atoms with E-state index in [1.54, 1.807) is 0 Å². The fourth-order valence-corrected chi connectivity index (χ4v) is 2.37. The number of hydrogen-bond acceptors (Lipinski definition) is 6. The molecule has 0 amide bonds. The van der Waals surface area contributed by atoms with Crippen molar-refractivity contribution in [3.05, 3.63) is 0 Å². The van der Waals surface area contributed by atoms with E-state index in [-0.39, 0.29) is 18.1 Å². The zero-order valence-electron chi connectivity index (χ0n) is 10.4. The molecule has 0 saturated carbocycles. The fraction of sp³-hybridized carbons (Fsp3) is 0.800. The summed E-state index contributed by atoms with van der Waals surface area (Å²) in [6.45, 7) is 2.85. The summed E-state index contributed by atoms with van der Waals surface area (Å²) in [5.41, 5.74) is 5.92. The predicted molar refractivity (Wildman–Crippen MR) is 70.4 cm³/mol. The molecule has 18 heavy (non-hydrogen) atoms. The second kappa shape index (κ2) is 9.19. The first-order valence-corrected chi connectivity index (χ1v) is 6.31. The van der Waals surface area contributed by atoms with E-state index in [2.05, 4.69) is 6.92 Å².